The Morgan fingerprint density at radius 2 is 1.40 bits per heavy atom. The summed E-state index contributed by atoms with van der Waals surface area (Å²) < 4.78 is 56.1. The first kappa shape index (κ1) is 62.1. The minimum Gasteiger partial charge on any atom is -0.505 e. The molecule has 7 atom stereocenters. The van der Waals surface area contributed by atoms with Gasteiger partial charge in [0.25, 0.3) is 5.91 Å². The van der Waals surface area contributed by atoms with Crippen molar-refractivity contribution < 1.29 is 56.6 Å². The highest BCUT2D eigenvalue weighted by Crippen LogP contribution is 2.62. The number of anilines is 1. The molecule has 15 nitrogen and oxygen atoms in total. The smallest absolute Gasteiger partial charge is 0.505 e. The van der Waals surface area contributed by atoms with Crippen molar-refractivity contribution in [2.75, 3.05) is 52.0 Å². The molecule has 2 aromatic carbocycles. The number of phenols is 1. The van der Waals surface area contributed by atoms with Gasteiger partial charge in [-0.3, -0.25) is 23.4 Å². The maximum absolute atomic E-state index is 14.6. The van der Waals surface area contributed by atoms with Gasteiger partial charge in [-0.25, -0.2) is 4.57 Å². The fraction of sp³-hybridized carbons (Fsp3) is 0.746. The van der Waals surface area contributed by atoms with E-state index in [4.69, 9.17) is 38.3 Å². The van der Waals surface area contributed by atoms with Gasteiger partial charge in [0, 0.05) is 13.0 Å². The minimum absolute atomic E-state index is 0.00314. The number of amides is 3. The Labute approximate surface area is 450 Å². The summed E-state index contributed by atoms with van der Waals surface area (Å²) in [5.41, 5.74) is 7.82. The summed E-state index contributed by atoms with van der Waals surface area (Å²) in [5, 5.41) is 15.8. The molecule has 0 saturated heterocycles. The summed E-state index contributed by atoms with van der Waals surface area (Å²) in [6.45, 7) is 11.9. The van der Waals surface area contributed by atoms with Gasteiger partial charge in [-0.05, 0) is 124 Å². The number of hydrogen-bond acceptors (Lipinski definition) is 12. The standard InChI is InChI=1S/C59H96N3O12P/c1-7-9-11-13-15-17-19-21-23-43(3)72-75(67,73-44(4)24-22-20-18-16-14-12-10-8-2)74-46-26-28-47-45(41-46)25-27-49-48(47)33-35-59(5)50(49)29-32-53(59)71-37-34-54(63)61-36-38-69-39-40-70-42-55(64)62-51-30-31-52(68-6)56(57(51)65)58(60)66/h26,28,30-31,41,43-44,48-50,53,65H,7-25,27,29,32-40,42H2,1-6H3,(H2,60,66)(H,61,63)(H,62,64)/t43?,44?,48?,49?,50?,53-,59?,75?/m1/s1. The van der Waals surface area contributed by atoms with Crippen LogP contribution in [0.1, 0.15) is 216 Å². The van der Waals surface area contributed by atoms with E-state index in [1.165, 1.54) is 107 Å². The molecule has 2 fully saturated rings. The lowest BCUT2D eigenvalue weighted by molar-refractivity contribution is -0.124. The molecule has 424 valence electrons. The molecular weight excluding hydrogens is 974 g/mol. The van der Waals surface area contributed by atoms with Crippen molar-refractivity contribution in [3.63, 3.8) is 0 Å². The van der Waals surface area contributed by atoms with Crippen molar-refractivity contribution in [3.05, 3.63) is 47.0 Å². The Bertz CT molecular complexity index is 2060. The van der Waals surface area contributed by atoms with Gasteiger partial charge in [-0.1, -0.05) is 130 Å². The third-order valence-electron chi connectivity index (χ3n) is 16.1. The van der Waals surface area contributed by atoms with Crippen LogP contribution >= 0.6 is 7.82 Å². The second-order valence-corrected chi connectivity index (χ2v) is 23.4. The fourth-order valence-corrected chi connectivity index (χ4v) is 13.6. The predicted octanol–water partition coefficient (Wildman–Crippen LogP) is 13.3. The molecular formula is C59H96N3O12P. The Balaban J connectivity index is 1.02. The van der Waals surface area contributed by atoms with Crippen molar-refractivity contribution in [3.8, 4) is 17.2 Å². The number of phosphoric acid groups is 1. The van der Waals surface area contributed by atoms with E-state index in [1.54, 1.807) is 0 Å². The van der Waals surface area contributed by atoms with Crippen molar-refractivity contribution in [2.24, 2.45) is 23.0 Å². The molecule has 0 aliphatic heterocycles. The summed E-state index contributed by atoms with van der Waals surface area (Å²) in [6.07, 6.45) is 27.6. The van der Waals surface area contributed by atoms with Crippen molar-refractivity contribution in [2.45, 2.75) is 219 Å². The third kappa shape index (κ3) is 19.9. The number of fused-ring (bicyclic) bond motifs is 5. The van der Waals surface area contributed by atoms with Crippen LogP contribution in [0.3, 0.4) is 0 Å². The number of nitrogens with one attached hydrogen (secondary N) is 2. The van der Waals surface area contributed by atoms with Gasteiger partial charge < -0.3 is 44.9 Å². The molecule has 3 aliphatic carbocycles. The van der Waals surface area contributed by atoms with Crippen LogP contribution in [0.15, 0.2) is 30.3 Å². The number of ether oxygens (including phenoxy) is 4. The van der Waals surface area contributed by atoms with Gasteiger partial charge in [0.2, 0.25) is 11.8 Å². The second-order valence-electron chi connectivity index (χ2n) is 21.9. The van der Waals surface area contributed by atoms with Gasteiger partial charge in [0.15, 0.2) is 5.75 Å². The average Bonchev–Trinajstić information content (AvgIpc) is 3.72. The highest BCUT2D eigenvalue weighted by atomic mass is 31.2. The number of carbonyl (C=O) groups is 3. The Morgan fingerprint density at radius 1 is 0.773 bits per heavy atom. The van der Waals surface area contributed by atoms with E-state index in [-0.39, 0.29) is 79.5 Å². The number of nitrogens with two attached hydrogens (primary N) is 1. The van der Waals surface area contributed by atoms with Gasteiger partial charge in [-0.15, -0.1) is 0 Å². The van der Waals surface area contributed by atoms with E-state index in [0.717, 1.165) is 77.0 Å². The van der Waals surface area contributed by atoms with Crippen LogP contribution < -0.4 is 25.6 Å². The molecule has 0 bridgehead atoms. The molecule has 5 rings (SSSR count). The van der Waals surface area contributed by atoms with Crippen LogP contribution in [-0.4, -0.2) is 87.8 Å². The number of aromatic hydroxyl groups is 1. The Hall–Kier alpha value is -3.72. The number of primary amides is 1. The van der Waals surface area contributed by atoms with Crippen molar-refractivity contribution in [1.82, 2.24) is 5.32 Å². The zero-order valence-corrected chi connectivity index (χ0v) is 47.6. The lowest BCUT2D eigenvalue weighted by atomic mass is 9.55. The first-order valence-electron chi connectivity index (χ1n) is 29.0. The summed E-state index contributed by atoms with van der Waals surface area (Å²) in [6, 6.07) is 9.12. The summed E-state index contributed by atoms with van der Waals surface area (Å²) >= 11 is 0. The predicted molar refractivity (Wildman–Crippen MR) is 296 cm³/mol. The number of aryl methyl sites for hydroxylation is 1. The summed E-state index contributed by atoms with van der Waals surface area (Å²) in [5.74, 6) is 0.179. The maximum Gasteiger partial charge on any atom is 0.530 e. The quantitative estimate of drug-likeness (QED) is 0.0281. The van der Waals surface area contributed by atoms with Crippen LogP contribution in [0, 0.1) is 17.3 Å². The molecule has 16 heteroatoms. The van der Waals surface area contributed by atoms with E-state index in [2.05, 4.69) is 43.5 Å². The first-order valence-corrected chi connectivity index (χ1v) is 30.5. The van der Waals surface area contributed by atoms with Crippen molar-refractivity contribution >= 4 is 31.2 Å². The van der Waals surface area contributed by atoms with Gasteiger partial charge in [0.1, 0.15) is 23.7 Å². The molecule has 2 aromatic rings. The summed E-state index contributed by atoms with van der Waals surface area (Å²) in [4.78, 5) is 36.8. The largest absolute Gasteiger partial charge is 0.530 e. The van der Waals surface area contributed by atoms with E-state index < -0.39 is 25.4 Å². The van der Waals surface area contributed by atoms with E-state index in [1.807, 2.05) is 19.9 Å². The van der Waals surface area contributed by atoms with Crippen molar-refractivity contribution in [1.29, 1.82) is 0 Å². The second kappa shape index (κ2) is 32.9. The molecule has 75 heavy (non-hydrogen) atoms. The molecule has 3 aliphatic rings. The number of unbranched alkanes of at least 4 members (excludes halogenated alkanes) is 14. The third-order valence-corrected chi connectivity index (χ3v) is 17.7. The molecule has 5 N–H and O–H groups in total. The van der Waals surface area contributed by atoms with E-state index in [9.17, 15) is 24.1 Å². The molecule has 0 spiro atoms. The number of benzene rings is 2. The van der Waals surface area contributed by atoms with Gasteiger partial charge in [-0.2, -0.15) is 0 Å². The molecule has 3 amide bonds. The zero-order chi connectivity index (χ0) is 54.1. The number of methoxy groups -OCH3 is 1. The van der Waals surface area contributed by atoms with Gasteiger partial charge >= 0.3 is 7.82 Å². The number of carbonyl (C=O) groups excluding carboxylic acids is 3. The molecule has 0 heterocycles. The molecule has 0 aromatic heterocycles. The fourth-order valence-electron chi connectivity index (χ4n) is 12.0. The van der Waals surface area contributed by atoms with Crippen LogP contribution in [0.5, 0.6) is 17.2 Å². The molecule has 6 unspecified atom stereocenters. The lowest BCUT2D eigenvalue weighted by Crippen LogP contribution is -2.45. The normalized spacial score (nSPS) is 21.5. The Morgan fingerprint density at radius 3 is 2.03 bits per heavy atom. The van der Waals surface area contributed by atoms with Crippen LogP contribution in [0.2, 0.25) is 0 Å². The topological polar surface area (TPSA) is 203 Å². The zero-order valence-electron chi connectivity index (χ0n) is 46.7. The highest BCUT2D eigenvalue weighted by molar-refractivity contribution is 7.49. The highest BCUT2D eigenvalue weighted by Gasteiger charge is 2.55. The van der Waals surface area contributed by atoms with Crippen LogP contribution in [0.25, 0.3) is 0 Å². The molecule has 0 radical (unpaired) electrons. The SMILES string of the molecule is CCCCCCCCCCC(C)OP(=O)(Oc1ccc2c(c1)CCC1C2CCC2(C)C1CC[C@H]2OCCC(=O)NCCOCCOCC(=O)Nc1ccc(OC)c(C(N)=O)c1O)OC(C)CCCCCCCCCC. The number of phosphoric ester groups is 1. The van der Waals surface area contributed by atoms with Crippen LogP contribution in [0.4, 0.5) is 5.69 Å². The first-order chi connectivity index (χ1) is 36.2. The van der Waals surface area contributed by atoms with Gasteiger partial charge in [0.05, 0.1) is 57.5 Å². The maximum atomic E-state index is 14.6. The number of hydrogen-bond donors (Lipinski definition) is 4. The minimum atomic E-state index is -3.92. The van der Waals surface area contributed by atoms with E-state index in [0.29, 0.717) is 36.7 Å². The average molecular weight is 1070 g/mol. The summed E-state index contributed by atoms with van der Waals surface area (Å²) in [7, 11) is -2.58. The van der Waals surface area contributed by atoms with E-state index >= 15 is 0 Å². The monoisotopic (exact) mass is 1070 g/mol. The number of rotatable bonds is 39. The Kier molecular flexibility index (Phi) is 27.2. The lowest BCUT2D eigenvalue weighted by Gasteiger charge is -2.50. The molecule has 2 saturated carbocycles. The van der Waals surface area contributed by atoms with Crippen LogP contribution in [-0.2, 0) is 43.8 Å².